The molecular formula is C15H20FN3O2. The number of carbonyl (C=O) groups is 2. The number of amides is 2. The zero-order valence-electron chi connectivity index (χ0n) is 12.2. The van der Waals surface area contributed by atoms with E-state index in [9.17, 15) is 14.0 Å². The first-order valence-electron chi connectivity index (χ1n) is 6.99. The van der Waals surface area contributed by atoms with Gasteiger partial charge in [0.25, 0.3) is 0 Å². The minimum absolute atomic E-state index is 0.00229. The zero-order chi connectivity index (χ0) is 15.6. The molecule has 5 nitrogen and oxygen atoms in total. The van der Waals surface area contributed by atoms with Gasteiger partial charge in [-0.2, -0.15) is 0 Å². The van der Waals surface area contributed by atoms with E-state index in [0.717, 1.165) is 0 Å². The fourth-order valence-electron chi connectivity index (χ4n) is 2.40. The number of anilines is 2. The second-order valence-corrected chi connectivity index (χ2v) is 5.77. The first-order chi connectivity index (χ1) is 9.86. The smallest absolute Gasteiger partial charge is 0.243 e. The molecule has 2 amide bonds. The molecule has 0 saturated carbocycles. The van der Waals surface area contributed by atoms with Crippen molar-refractivity contribution >= 4 is 23.2 Å². The second kappa shape index (κ2) is 6.11. The highest BCUT2D eigenvalue weighted by Crippen LogP contribution is 2.24. The summed E-state index contributed by atoms with van der Waals surface area (Å²) >= 11 is 0. The topological polar surface area (TPSA) is 75.4 Å². The van der Waals surface area contributed by atoms with E-state index >= 15 is 0 Å². The normalized spacial score (nSPS) is 18.4. The Labute approximate surface area is 123 Å². The monoisotopic (exact) mass is 293 g/mol. The Morgan fingerprint density at radius 1 is 1.52 bits per heavy atom. The third-order valence-corrected chi connectivity index (χ3v) is 3.80. The fourth-order valence-corrected chi connectivity index (χ4v) is 2.40. The summed E-state index contributed by atoms with van der Waals surface area (Å²) in [5.74, 6) is -0.116. The number of nitrogens with one attached hydrogen (secondary N) is 1. The van der Waals surface area contributed by atoms with Gasteiger partial charge in [-0.3, -0.25) is 9.59 Å². The highest BCUT2D eigenvalue weighted by molar-refractivity contribution is 5.95. The number of likely N-dealkylation sites (tertiary alicyclic amines) is 1. The van der Waals surface area contributed by atoms with Crippen LogP contribution in [0.4, 0.5) is 15.8 Å². The standard InChI is InChI=1S/C15H20FN3O2/c1-9(2)10-5-15(21)19(7-10)8-14(20)18-11-3-4-12(16)13(17)6-11/h3-4,6,9-10H,5,7-8,17H2,1-2H3,(H,18,20). The minimum atomic E-state index is -0.525. The number of hydrogen-bond donors (Lipinski definition) is 2. The van der Waals surface area contributed by atoms with Gasteiger partial charge >= 0.3 is 0 Å². The number of nitrogens with zero attached hydrogens (tertiary/aromatic N) is 1. The number of hydrogen-bond acceptors (Lipinski definition) is 3. The number of nitrogen functional groups attached to an aromatic ring is 1. The average Bonchev–Trinajstić information content (AvgIpc) is 2.76. The molecule has 0 bridgehead atoms. The lowest BCUT2D eigenvalue weighted by Crippen LogP contribution is -2.34. The molecule has 21 heavy (non-hydrogen) atoms. The lowest BCUT2D eigenvalue weighted by atomic mass is 9.95. The van der Waals surface area contributed by atoms with Crippen LogP contribution in [0.5, 0.6) is 0 Å². The van der Waals surface area contributed by atoms with Gasteiger partial charge in [-0.05, 0) is 30.0 Å². The van der Waals surface area contributed by atoms with Gasteiger partial charge in [-0.15, -0.1) is 0 Å². The van der Waals surface area contributed by atoms with Crippen LogP contribution in [-0.4, -0.2) is 29.8 Å². The van der Waals surface area contributed by atoms with Crippen molar-refractivity contribution in [2.24, 2.45) is 11.8 Å². The largest absolute Gasteiger partial charge is 0.396 e. The lowest BCUT2D eigenvalue weighted by molar-refractivity contribution is -0.131. The second-order valence-electron chi connectivity index (χ2n) is 5.77. The molecule has 114 valence electrons. The van der Waals surface area contributed by atoms with Gasteiger partial charge in [-0.25, -0.2) is 4.39 Å². The van der Waals surface area contributed by atoms with Crippen LogP contribution in [0.1, 0.15) is 20.3 Å². The van der Waals surface area contributed by atoms with Crippen LogP contribution in [0.2, 0.25) is 0 Å². The molecule has 1 aliphatic heterocycles. The molecule has 1 aliphatic rings. The van der Waals surface area contributed by atoms with Crippen LogP contribution in [0, 0.1) is 17.7 Å². The summed E-state index contributed by atoms with van der Waals surface area (Å²) in [6.45, 7) is 4.76. The lowest BCUT2D eigenvalue weighted by Gasteiger charge is -2.17. The first kappa shape index (κ1) is 15.3. The van der Waals surface area contributed by atoms with Crippen LogP contribution in [0.25, 0.3) is 0 Å². The van der Waals surface area contributed by atoms with Gasteiger partial charge in [0.15, 0.2) is 0 Å². The summed E-state index contributed by atoms with van der Waals surface area (Å²) in [6.07, 6.45) is 0.494. The Kier molecular flexibility index (Phi) is 4.45. The number of carbonyl (C=O) groups excluding carboxylic acids is 2. The zero-order valence-corrected chi connectivity index (χ0v) is 12.2. The molecule has 1 aromatic carbocycles. The van der Waals surface area contributed by atoms with E-state index in [0.29, 0.717) is 30.5 Å². The third kappa shape index (κ3) is 3.71. The van der Waals surface area contributed by atoms with Crippen molar-refractivity contribution in [3.63, 3.8) is 0 Å². The summed E-state index contributed by atoms with van der Waals surface area (Å²) in [6, 6.07) is 3.99. The number of benzene rings is 1. The van der Waals surface area contributed by atoms with Gasteiger partial charge in [0.2, 0.25) is 11.8 Å². The van der Waals surface area contributed by atoms with Crippen LogP contribution < -0.4 is 11.1 Å². The number of halogens is 1. The van der Waals surface area contributed by atoms with Gasteiger partial charge in [0.1, 0.15) is 5.82 Å². The van der Waals surface area contributed by atoms with Crippen molar-refractivity contribution in [1.82, 2.24) is 4.90 Å². The molecular weight excluding hydrogens is 273 g/mol. The van der Waals surface area contributed by atoms with E-state index in [1.54, 1.807) is 4.90 Å². The molecule has 6 heteroatoms. The molecule has 0 aliphatic carbocycles. The predicted molar refractivity (Wildman–Crippen MR) is 79.0 cm³/mol. The molecule has 0 spiro atoms. The SMILES string of the molecule is CC(C)C1CC(=O)N(CC(=O)Nc2ccc(F)c(N)c2)C1. The molecule has 0 radical (unpaired) electrons. The Hall–Kier alpha value is -2.11. The molecule has 0 aromatic heterocycles. The van der Waals surface area contributed by atoms with Crippen LogP contribution in [0.15, 0.2) is 18.2 Å². The third-order valence-electron chi connectivity index (χ3n) is 3.80. The predicted octanol–water partition coefficient (Wildman–Crippen LogP) is 1.85. The molecule has 1 aromatic rings. The van der Waals surface area contributed by atoms with Gasteiger partial charge in [0.05, 0.1) is 12.2 Å². The van der Waals surface area contributed by atoms with E-state index < -0.39 is 5.82 Å². The van der Waals surface area contributed by atoms with Gasteiger partial charge in [-0.1, -0.05) is 13.8 Å². The van der Waals surface area contributed by atoms with Crippen molar-refractivity contribution in [1.29, 1.82) is 0 Å². The maximum Gasteiger partial charge on any atom is 0.243 e. The summed E-state index contributed by atoms with van der Waals surface area (Å²) < 4.78 is 13.0. The number of rotatable bonds is 4. The molecule has 1 atom stereocenters. The highest BCUT2D eigenvalue weighted by Gasteiger charge is 2.32. The van der Waals surface area contributed by atoms with Crippen molar-refractivity contribution in [3.8, 4) is 0 Å². The Morgan fingerprint density at radius 2 is 2.24 bits per heavy atom. The van der Waals surface area contributed by atoms with E-state index in [4.69, 9.17) is 5.73 Å². The highest BCUT2D eigenvalue weighted by atomic mass is 19.1. The van der Waals surface area contributed by atoms with Gasteiger partial charge < -0.3 is 16.0 Å². The van der Waals surface area contributed by atoms with Crippen molar-refractivity contribution < 1.29 is 14.0 Å². The summed E-state index contributed by atoms with van der Waals surface area (Å²) in [5.41, 5.74) is 5.84. The first-order valence-corrected chi connectivity index (χ1v) is 6.99. The Bertz CT molecular complexity index is 560. The van der Waals surface area contributed by atoms with Crippen molar-refractivity contribution in [3.05, 3.63) is 24.0 Å². The minimum Gasteiger partial charge on any atom is -0.396 e. The molecule has 1 unspecified atom stereocenters. The summed E-state index contributed by atoms with van der Waals surface area (Å²) in [4.78, 5) is 25.4. The number of nitrogens with two attached hydrogens (primary N) is 1. The maximum atomic E-state index is 13.0. The molecule has 3 N–H and O–H groups in total. The van der Waals surface area contributed by atoms with Gasteiger partial charge in [0, 0.05) is 18.7 Å². The van der Waals surface area contributed by atoms with Crippen molar-refractivity contribution in [2.75, 3.05) is 24.1 Å². The summed E-state index contributed by atoms with van der Waals surface area (Å²) in [7, 11) is 0. The average molecular weight is 293 g/mol. The van der Waals surface area contributed by atoms with E-state index in [1.165, 1.54) is 18.2 Å². The molecule has 2 rings (SSSR count). The Morgan fingerprint density at radius 3 is 2.81 bits per heavy atom. The fraction of sp³-hybridized carbons (Fsp3) is 0.467. The maximum absolute atomic E-state index is 13.0. The van der Waals surface area contributed by atoms with Crippen LogP contribution in [0.3, 0.4) is 0 Å². The quantitative estimate of drug-likeness (QED) is 0.832. The van der Waals surface area contributed by atoms with E-state index in [2.05, 4.69) is 19.2 Å². The Balaban J connectivity index is 1.93. The van der Waals surface area contributed by atoms with Crippen LogP contribution >= 0.6 is 0 Å². The van der Waals surface area contributed by atoms with Crippen LogP contribution in [-0.2, 0) is 9.59 Å². The van der Waals surface area contributed by atoms with Crippen molar-refractivity contribution in [2.45, 2.75) is 20.3 Å². The van der Waals surface area contributed by atoms with E-state index in [1.807, 2.05) is 0 Å². The molecule has 1 fully saturated rings. The molecule has 1 saturated heterocycles. The van der Waals surface area contributed by atoms with E-state index in [-0.39, 0.29) is 24.0 Å². The summed E-state index contributed by atoms with van der Waals surface area (Å²) in [5, 5.41) is 2.62. The molecule has 1 heterocycles.